The zero-order valence-corrected chi connectivity index (χ0v) is 21.0. The van der Waals surface area contributed by atoms with E-state index in [4.69, 9.17) is 4.74 Å². The minimum atomic E-state index is -0.605. The second-order valence-corrected chi connectivity index (χ2v) is 9.96. The average Bonchev–Trinajstić information content (AvgIpc) is 3.60. The third-order valence-corrected chi connectivity index (χ3v) is 6.60. The lowest BCUT2D eigenvalue weighted by Gasteiger charge is -2.35. The van der Waals surface area contributed by atoms with Gasteiger partial charge >= 0.3 is 0 Å². The Morgan fingerprint density at radius 3 is 2.70 bits per heavy atom. The van der Waals surface area contributed by atoms with Gasteiger partial charge in [0.15, 0.2) is 5.56 Å². The van der Waals surface area contributed by atoms with Gasteiger partial charge in [-0.25, -0.2) is 0 Å². The van der Waals surface area contributed by atoms with Crippen LogP contribution in [0, 0.1) is 5.92 Å². The second-order valence-electron chi connectivity index (χ2n) is 9.96. The third-order valence-electron chi connectivity index (χ3n) is 6.60. The first-order valence-corrected chi connectivity index (χ1v) is 12.6. The zero-order valence-electron chi connectivity index (χ0n) is 21.0. The summed E-state index contributed by atoms with van der Waals surface area (Å²) >= 11 is 0. The number of morpholine rings is 1. The van der Waals surface area contributed by atoms with Crippen molar-refractivity contribution in [3.8, 4) is 5.88 Å². The first kappa shape index (κ1) is 24.8. The van der Waals surface area contributed by atoms with Gasteiger partial charge in [-0.3, -0.25) is 19.0 Å². The normalized spacial score (nSPS) is 18.1. The summed E-state index contributed by atoms with van der Waals surface area (Å²) in [6.07, 6.45) is 6.24. The number of nitrogens with zero attached hydrogens (tertiary/aromatic N) is 4. The number of fused-ring (bicyclic) bond motifs is 1. The predicted octanol–water partition coefficient (Wildman–Crippen LogP) is 2.36. The fraction of sp³-hybridized carbons (Fsp3) is 0.407. The molecule has 2 aromatic heterocycles. The molecular weight excluding hydrogens is 474 g/mol. The Bertz CT molecular complexity index is 1400. The predicted molar refractivity (Wildman–Crippen MR) is 137 cm³/mol. The van der Waals surface area contributed by atoms with Gasteiger partial charge < -0.3 is 20.1 Å². The van der Waals surface area contributed by atoms with Crippen molar-refractivity contribution in [2.45, 2.75) is 45.3 Å². The number of benzene rings is 1. The molecule has 0 unspecified atom stereocenters. The molecule has 0 spiro atoms. The Morgan fingerprint density at radius 1 is 1.24 bits per heavy atom. The summed E-state index contributed by atoms with van der Waals surface area (Å²) < 4.78 is 8.27. The third kappa shape index (κ3) is 5.01. The van der Waals surface area contributed by atoms with Gasteiger partial charge in [0.2, 0.25) is 11.8 Å². The van der Waals surface area contributed by atoms with Crippen LogP contribution in [0.25, 0.3) is 11.7 Å². The van der Waals surface area contributed by atoms with Crippen LogP contribution in [0.1, 0.15) is 54.2 Å². The monoisotopic (exact) mass is 505 g/mol. The van der Waals surface area contributed by atoms with Crippen LogP contribution in [0.4, 0.5) is 0 Å². The van der Waals surface area contributed by atoms with Gasteiger partial charge in [0.1, 0.15) is 5.65 Å². The molecule has 10 nitrogen and oxygen atoms in total. The van der Waals surface area contributed by atoms with Crippen molar-refractivity contribution < 1.29 is 19.4 Å². The van der Waals surface area contributed by atoms with Crippen LogP contribution < -0.4 is 10.9 Å². The second kappa shape index (κ2) is 10.2. The topological polar surface area (TPSA) is 118 Å². The Labute approximate surface area is 214 Å². The SMILES string of the molecule is CC(C)Cn1c(=O)c(C(=O)NC2CC2)c(O)n2ncc(/C=C/C(=O)N3CCOC[C@H]3c3ccccc3)c12. The van der Waals surface area contributed by atoms with Gasteiger partial charge in [0, 0.05) is 30.8 Å². The molecular formula is C27H31N5O5. The van der Waals surface area contributed by atoms with E-state index in [1.807, 2.05) is 44.2 Å². The molecule has 2 amide bonds. The van der Waals surface area contributed by atoms with Crippen molar-refractivity contribution in [3.05, 3.63) is 69.6 Å². The maximum Gasteiger partial charge on any atom is 0.270 e. The minimum absolute atomic E-state index is 0.0302. The summed E-state index contributed by atoms with van der Waals surface area (Å²) in [7, 11) is 0. The van der Waals surface area contributed by atoms with E-state index in [-0.39, 0.29) is 29.5 Å². The number of rotatable bonds is 7. The summed E-state index contributed by atoms with van der Waals surface area (Å²) in [4.78, 5) is 41.2. The first-order valence-electron chi connectivity index (χ1n) is 12.6. The summed E-state index contributed by atoms with van der Waals surface area (Å²) in [5.74, 6) is -1.23. The van der Waals surface area contributed by atoms with Crippen molar-refractivity contribution in [1.82, 2.24) is 24.4 Å². The summed E-state index contributed by atoms with van der Waals surface area (Å²) in [6.45, 7) is 5.54. The number of carbonyl (C=O) groups is 2. The highest BCUT2D eigenvalue weighted by atomic mass is 16.5. The highest BCUT2D eigenvalue weighted by molar-refractivity contribution is 5.97. The minimum Gasteiger partial charge on any atom is -0.492 e. The van der Waals surface area contributed by atoms with E-state index in [1.54, 1.807) is 11.0 Å². The molecule has 2 N–H and O–H groups in total. The molecule has 3 heterocycles. The molecule has 1 atom stereocenters. The van der Waals surface area contributed by atoms with E-state index in [2.05, 4.69) is 10.4 Å². The van der Waals surface area contributed by atoms with Crippen molar-refractivity contribution in [3.63, 3.8) is 0 Å². The quantitative estimate of drug-likeness (QED) is 0.476. The van der Waals surface area contributed by atoms with E-state index >= 15 is 0 Å². The van der Waals surface area contributed by atoms with Crippen LogP contribution in [-0.2, 0) is 16.1 Å². The Balaban J connectivity index is 1.50. The summed E-state index contributed by atoms with van der Waals surface area (Å²) in [5.41, 5.74) is 0.891. The van der Waals surface area contributed by atoms with Crippen LogP contribution in [0.3, 0.4) is 0 Å². The highest BCUT2D eigenvalue weighted by Crippen LogP contribution is 2.26. The van der Waals surface area contributed by atoms with Gasteiger partial charge in [-0.1, -0.05) is 44.2 Å². The molecule has 0 radical (unpaired) electrons. The number of carbonyl (C=O) groups excluding carboxylic acids is 2. The van der Waals surface area contributed by atoms with Crippen molar-refractivity contribution in [2.24, 2.45) is 5.92 Å². The van der Waals surface area contributed by atoms with E-state index in [0.29, 0.717) is 37.5 Å². The van der Waals surface area contributed by atoms with Crippen LogP contribution in [0.15, 0.2) is 47.4 Å². The van der Waals surface area contributed by atoms with Gasteiger partial charge in [-0.2, -0.15) is 9.61 Å². The van der Waals surface area contributed by atoms with Gasteiger partial charge in [-0.15, -0.1) is 0 Å². The molecule has 2 fully saturated rings. The molecule has 37 heavy (non-hydrogen) atoms. The molecule has 3 aromatic rings. The van der Waals surface area contributed by atoms with Gasteiger partial charge in [0.05, 0.1) is 25.5 Å². The zero-order chi connectivity index (χ0) is 26.1. The molecule has 0 bridgehead atoms. The van der Waals surface area contributed by atoms with E-state index in [9.17, 15) is 19.5 Å². The molecule has 2 aliphatic rings. The Hall–Kier alpha value is -3.92. The summed E-state index contributed by atoms with van der Waals surface area (Å²) in [5, 5.41) is 17.9. The lowest BCUT2D eigenvalue weighted by Crippen LogP contribution is -2.42. The maximum atomic E-state index is 13.4. The van der Waals surface area contributed by atoms with Gasteiger partial charge in [-0.05, 0) is 30.4 Å². The average molecular weight is 506 g/mol. The van der Waals surface area contributed by atoms with Crippen molar-refractivity contribution in [1.29, 1.82) is 0 Å². The molecule has 1 aliphatic carbocycles. The van der Waals surface area contributed by atoms with E-state index in [0.717, 1.165) is 18.4 Å². The maximum absolute atomic E-state index is 13.4. The molecule has 10 heteroatoms. The Morgan fingerprint density at radius 2 is 2.00 bits per heavy atom. The lowest BCUT2D eigenvalue weighted by molar-refractivity contribution is -0.134. The molecule has 1 aromatic carbocycles. The van der Waals surface area contributed by atoms with Crippen LogP contribution in [0.2, 0.25) is 0 Å². The van der Waals surface area contributed by atoms with Crippen LogP contribution in [0.5, 0.6) is 5.88 Å². The lowest BCUT2D eigenvalue weighted by atomic mass is 10.0. The van der Waals surface area contributed by atoms with E-state index in [1.165, 1.54) is 21.4 Å². The highest BCUT2D eigenvalue weighted by Gasteiger charge is 2.30. The van der Waals surface area contributed by atoms with Crippen LogP contribution in [-0.4, -0.2) is 61.8 Å². The van der Waals surface area contributed by atoms with Gasteiger partial charge in [0.25, 0.3) is 11.5 Å². The number of aromatic hydroxyl groups is 1. The molecule has 1 saturated carbocycles. The smallest absolute Gasteiger partial charge is 0.270 e. The van der Waals surface area contributed by atoms with Crippen LogP contribution >= 0.6 is 0 Å². The fourth-order valence-corrected chi connectivity index (χ4v) is 4.62. The van der Waals surface area contributed by atoms with Crippen molar-refractivity contribution in [2.75, 3.05) is 19.8 Å². The van der Waals surface area contributed by atoms with Crippen molar-refractivity contribution >= 4 is 23.5 Å². The molecule has 1 aliphatic heterocycles. The summed E-state index contributed by atoms with van der Waals surface area (Å²) in [6, 6.07) is 9.56. The largest absolute Gasteiger partial charge is 0.492 e. The number of hydrogen-bond acceptors (Lipinski definition) is 6. The number of amides is 2. The van der Waals surface area contributed by atoms with E-state index < -0.39 is 17.3 Å². The Kier molecular flexibility index (Phi) is 6.84. The molecule has 1 saturated heterocycles. The number of aromatic nitrogens is 3. The first-order chi connectivity index (χ1) is 17.8. The number of nitrogens with one attached hydrogen (secondary N) is 1. The molecule has 194 valence electrons. The standard InChI is InChI=1S/C27H31N5O5/c1-17(2)15-31-25-19(14-28-32(25)27(36)23(26(31)35)24(34)29-20-9-10-20)8-11-22(33)30-12-13-37-16-21(30)18-6-4-3-5-7-18/h3-8,11,14,17,20-21,36H,9-10,12-13,15-16H2,1-2H3,(H,29,34)/b11-8+/t21-/m0/s1. The fourth-order valence-electron chi connectivity index (χ4n) is 4.62. The molecule has 5 rings (SSSR count). The number of hydrogen-bond donors (Lipinski definition) is 2. The number of ether oxygens (including phenoxy) is 1.